The predicted octanol–water partition coefficient (Wildman–Crippen LogP) is 1.36. The van der Waals surface area contributed by atoms with Crippen LogP contribution in [-0.2, 0) is 16.6 Å². The molecule has 0 aromatic carbocycles. The number of methoxy groups -OCH3 is 1. The number of carbonyl (C=O) groups is 1. The van der Waals surface area contributed by atoms with E-state index in [0.717, 1.165) is 29.8 Å². The van der Waals surface area contributed by atoms with Gasteiger partial charge in [0.15, 0.2) is 5.82 Å². The SMILES string of the molecule is COC(=O)CCCN(C)c1nccc2c1ncn2C. The fraction of sp³-hybridized carbons (Fsp3) is 0.462. The summed E-state index contributed by atoms with van der Waals surface area (Å²) in [6.07, 6.45) is 4.70. The molecule has 0 aliphatic heterocycles. The smallest absolute Gasteiger partial charge is 0.305 e. The van der Waals surface area contributed by atoms with Gasteiger partial charge in [0.2, 0.25) is 0 Å². The van der Waals surface area contributed by atoms with Gasteiger partial charge in [-0.1, -0.05) is 0 Å². The second-order valence-electron chi connectivity index (χ2n) is 4.46. The van der Waals surface area contributed by atoms with Crippen LogP contribution in [-0.4, -0.2) is 41.2 Å². The molecule has 6 heteroatoms. The molecule has 0 spiro atoms. The van der Waals surface area contributed by atoms with Gasteiger partial charge in [0.25, 0.3) is 0 Å². The molecule has 0 saturated heterocycles. The van der Waals surface area contributed by atoms with Gasteiger partial charge in [-0.25, -0.2) is 9.97 Å². The Balaban J connectivity index is 2.09. The van der Waals surface area contributed by atoms with Crippen molar-refractivity contribution < 1.29 is 9.53 Å². The average molecular weight is 262 g/mol. The summed E-state index contributed by atoms with van der Waals surface area (Å²) in [6, 6.07) is 1.94. The highest BCUT2D eigenvalue weighted by atomic mass is 16.5. The van der Waals surface area contributed by atoms with Crippen LogP contribution in [0.2, 0.25) is 0 Å². The van der Waals surface area contributed by atoms with Gasteiger partial charge in [-0.05, 0) is 12.5 Å². The monoisotopic (exact) mass is 262 g/mol. The number of rotatable bonds is 5. The number of fused-ring (bicyclic) bond motifs is 1. The van der Waals surface area contributed by atoms with Crippen molar-refractivity contribution in [2.24, 2.45) is 7.05 Å². The molecule has 0 atom stereocenters. The molecule has 0 amide bonds. The van der Waals surface area contributed by atoms with Gasteiger partial charge in [-0.15, -0.1) is 0 Å². The number of aromatic nitrogens is 3. The van der Waals surface area contributed by atoms with E-state index in [-0.39, 0.29) is 5.97 Å². The van der Waals surface area contributed by atoms with Gasteiger partial charge < -0.3 is 14.2 Å². The average Bonchev–Trinajstić information content (AvgIpc) is 2.80. The van der Waals surface area contributed by atoms with Crippen LogP contribution < -0.4 is 4.90 Å². The molecule has 102 valence electrons. The second-order valence-corrected chi connectivity index (χ2v) is 4.46. The maximum absolute atomic E-state index is 11.1. The highest BCUT2D eigenvalue weighted by Gasteiger charge is 2.11. The highest BCUT2D eigenvalue weighted by molar-refractivity contribution is 5.86. The number of carbonyl (C=O) groups excluding carboxylic acids is 1. The zero-order chi connectivity index (χ0) is 13.8. The van der Waals surface area contributed by atoms with Gasteiger partial charge in [0, 0.05) is 33.3 Å². The molecule has 0 bridgehead atoms. The summed E-state index contributed by atoms with van der Waals surface area (Å²) in [5, 5.41) is 0. The molecule has 0 saturated carbocycles. The second kappa shape index (κ2) is 5.69. The Morgan fingerprint density at radius 3 is 3.00 bits per heavy atom. The van der Waals surface area contributed by atoms with E-state index in [9.17, 15) is 4.79 Å². The number of imidazole rings is 1. The Labute approximate surface area is 112 Å². The van der Waals surface area contributed by atoms with Crippen LogP contribution in [0.3, 0.4) is 0 Å². The lowest BCUT2D eigenvalue weighted by Crippen LogP contribution is -2.21. The lowest BCUT2D eigenvalue weighted by molar-refractivity contribution is -0.140. The summed E-state index contributed by atoms with van der Waals surface area (Å²) in [5.41, 5.74) is 1.93. The van der Waals surface area contributed by atoms with E-state index in [1.54, 1.807) is 12.5 Å². The zero-order valence-electron chi connectivity index (χ0n) is 11.5. The topological polar surface area (TPSA) is 60.2 Å². The third kappa shape index (κ3) is 2.83. The third-order valence-electron chi connectivity index (χ3n) is 3.09. The van der Waals surface area contributed by atoms with E-state index < -0.39 is 0 Å². The molecule has 2 heterocycles. The lowest BCUT2D eigenvalue weighted by Gasteiger charge is -2.18. The summed E-state index contributed by atoms with van der Waals surface area (Å²) in [5.74, 6) is 0.653. The molecular formula is C13H18N4O2. The summed E-state index contributed by atoms with van der Waals surface area (Å²) < 4.78 is 6.58. The molecular weight excluding hydrogens is 244 g/mol. The van der Waals surface area contributed by atoms with Crippen LogP contribution in [0.1, 0.15) is 12.8 Å². The van der Waals surface area contributed by atoms with Crippen molar-refractivity contribution in [3.05, 3.63) is 18.6 Å². The Bertz CT molecular complexity index is 579. The fourth-order valence-electron chi connectivity index (χ4n) is 2.00. The Kier molecular flexibility index (Phi) is 3.99. The van der Waals surface area contributed by atoms with Crippen molar-refractivity contribution in [1.29, 1.82) is 0 Å². The maximum atomic E-state index is 11.1. The lowest BCUT2D eigenvalue weighted by atomic mass is 10.3. The number of nitrogens with zero attached hydrogens (tertiary/aromatic N) is 4. The van der Waals surface area contributed by atoms with Crippen molar-refractivity contribution in [2.45, 2.75) is 12.8 Å². The Hall–Kier alpha value is -2.11. The number of hydrogen-bond donors (Lipinski definition) is 0. The molecule has 0 unspecified atom stereocenters. The standard InChI is InChI=1S/C13H18N4O2/c1-16(8-4-5-11(18)19-3)13-12-10(6-7-14-13)17(2)9-15-12/h6-7,9H,4-5,8H2,1-3H3. The number of pyridine rings is 1. The quantitative estimate of drug-likeness (QED) is 0.761. The molecule has 0 aliphatic carbocycles. The van der Waals surface area contributed by atoms with Crippen molar-refractivity contribution in [1.82, 2.24) is 14.5 Å². The van der Waals surface area contributed by atoms with Crippen LogP contribution in [0.15, 0.2) is 18.6 Å². The first-order valence-corrected chi connectivity index (χ1v) is 6.17. The minimum atomic E-state index is -0.183. The Morgan fingerprint density at radius 1 is 1.47 bits per heavy atom. The first-order chi connectivity index (χ1) is 9.13. The molecule has 19 heavy (non-hydrogen) atoms. The molecule has 0 fully saturated rings. The number of anilines is 1. The molecule has 2 aromatic heterocycles. The first kappa shape index (κ1) is 13.3. The van der Waals surface area contributed by atoms with Crippen LogP contribution in [0.5, 0.6) is 0 Å². The van der Waals surface area contributed by atoms with Gasteiger partial charge >= 0.3 is 5.97 Å². The zero-order valence-corrected chi connectivity index (χ0v) is 11.5. The molecule has 2 rings (SSSR count). The van der Waals surface area contributed by atoms with Crippen molar-refractivity contribution in [3.63, 3.8) is 0 Å². The maximum Gasteiger partial charge on any atom is 0.305 e. The summed E-state index contributed by atoms with van der Waals surface area (Å²) in [7, 11) is 5.31. The van der Waals surface area contributed by atoms with Crippen molar-refractivity contribution >= 4 is 22.8 Å². The van der Waals surface area contributed by atoms with E-state index in [1.807, 2.05) is 29.6 Å². The minimum Gasteiger partial charge on any atom is -0.469 e. The van der Waals surface area contributed by atoms with Crippen molar-refractivity contribution in [3.8, 4) is 0 Å². The molecule has 0 aliphatic rings. The normalized spacial score (nSPS) is 10.7. The molecule has 0 radical (unpaired) electrons. The molecule has 2 aromatic rings. The fourth-order valence-corrected chi connectivity index (χ4v) is 2.00. The minimum absolute atomic E-state index is 0.183. The van der Waals surface area contributed by atoms with E-state index in [2.05, 4.69) is 14.7 Å². The number of hydrogen-bond acceptors (Lipinski definition) is 5. The highest BCUT2D eigenvalue weighted by Crippen LogP contribution is 2.21. The summed E-state index contributed by atoms with van der Waals surface area (Å²) in [4.78, 5) is 21.8. The number of aryl methyl sites for hydroxylation is 1. The van der Waals surface area contributed by atoms with Crippen LogP contribution in [0.4, 0.5) is 5.82 Å². The predicted molar refractivity (Wildman–Crippen MR) is 73.0 cm³/mol. The Morgan fingerprint density at radius 2 is 2.26 bits per heavy atom. The van der Waals surface area contributed by atoms with E-state index in [0.29, 0.717) is 6.42 Å². The van der Waals surface area contributed by atoms with Crippen LogP contribution in [0.25, 0.3) is 11.0 Å². The number of ether oxygens (including phenoxy) is 1. The van der Waals surface area contributed by atoms with E-state index in [1.165, 1.54) is 7.11 Å². The van der Waals surface area contributed by atoms with Crippen LogP contribution in [0, 0.1) is 0 Å². The molecule has 0 N–H and O–H groups in total. The summed E-state index contributed by atoms with van der Waals surface area (Å²) in [6.45, 7) is 0.734. The summed E-state index contributed by atoms with van der Waals surface area (Å²) >= 11 is 0. The van der Waals surface area contributed by atoms with Gasteiger partial charge in [-0.3, -0.25) is 4.79 Å². The van der Waals surface area contributed by atoms with Crippen molar-refractivity contribution in [2.75, 3.05) is 25.6 Å². The van der Waals surface area contributed by atoms with E-state index >= 15 is 0 Å². The molecule has 6 nitrogen and oxygen atoms in total. The first-order valence-electron chi connectivity index (χ1n) is 6.17. The third-order valence-corrected chi connectivity index (χ3v) is 3.09. The number of esters is 1. The van der Waals surface area contributed by atoms with Gasteiger partial charge in [-0.2, -0.15) is 0 Å². The van der Waals surface area contributed by atoms with Gasteiger partial charge in [0.1, 0.15) is 5.52 Å². The largest absolute Gasteiger partial charge is 0.469 e. The van der Waals surface area contributed by atoms with E-state index in [4.69, 9.17) is 0 Å². The van der Waals surface area contributed by atoms with Gasteiger partial charge in [0.05, 0.1) is 19.0 Å². The van der Waals surface area contributed by atoms with Crippen LogP contribution >= 0.6 is 0 Å².